The van der Waals surface area contributed by atoms with Crippen molar-refractivity contribution in [2.24, 2.45) is 0 Å². The Morgan fingerprint density at radius 3 is 1.00 bits per heavy atom. The Labute approximate surface area is 169 Å². The van der Waals surface area contributed by atoms with E-state index in [1.165, 1.54) is 128 Å². The van der Waals surface area contributed by atoms with Crippen molar-refractivity contribution >= 4 is 8.56 Å². The summed E-state index contributed by atoms with van der Waals surface area (Å²) in [6.07, 6.45) is 28.9. The molecule has 0 heterocycles. The predicted octanol–water partition coefficient (Wildman–Crippen LogP) is 7.80. The minimum atomic E-state index is -2.17. The second-order valence-corrected chi connectivity index (χ2v) is 13.7. The molecular formula is C24H44O2Si. The number of rotatable bonds is 6. The Morgan fingerprint density at radius 2 is 0.667 bits per heavy atom. The van der Waals surface area contributed by atoms with Gasteiger partial charge < -0.3 is 8.85 Å². The molecule has 4 fully saturated rings. The van der Waals surface area contributed by atoms with Crippen molar-refractivity contribution in [3.8, 4) is 0 Å². The van der Waals surface area contributed by atoms with Gasteiger partial charge in [0.25, 0.3) is 0 Å². The van der Waals surface area contributed by atoms with E-state index in [0.717, 1.165) is 11.1 Å². The summed E-state index contributed by atoms with van der Waals surface area (Å²) in [6.45, 7) is 0. The highest BCUT2D eigenvalue weighted by molar-refractivity contribution is 6.70. The molecule has 4 aliphatic carbocycles. The fraction of sp³-hybridized carbons (Fsp3) is 1.00. The standard InChI is InChI=1S/C24H44O2Si/c1-5-13-21(14-6-1)25-27(23-17-9-3-10-18-23,24-19-11-4-12-20-24)26-22-15-7-2-8-16-22/h21-24H,1-20H2. The third-order valence-corrected chi connectivity index (χ3v) is 13.0. The molecule has 0 amide bonds. The van der Waals surface area contributed by atoms with Crippen LogP contribution in [-0.4, -0.2) is 20.8 Å². The Balaban J connectivity index is 1.59. The van der Waals surface area contributed by atoms with Crippen LogP contribution in [0.1, 0.15) is 128 Å². The molecule has 4 aliphatic rings. The third kappa shape index (κ3) is 5.20. The van der Waals surface area contributed by atoms with Crippen molar-refractivity contribution in [1.82, 2.24) is 0 Å². The van der Waals surface area contributed by atoms with Gasteiger partial charge in [0.05, 0.1) is 0 Å². The molecule has 0 saturated heterocycles. The van der Waals surface area contributed by atoms with E-state index in [0.29, 0.717) is 12.2 Å². The zero-order chi connectivity index (χ0) is 18.4. The van der Waals surface area contributed by atoms with Gasteiger partial charge in [0.2, 0.25) is 0 Å². The van der Waals surface area contributed by atoms with Crippen LogP contribution in [0.4, 0.5) is 0 Å². The van der Waals surface area contributed by atoms with E-state index in [4.69, 9.17) is 8.85 Å². The van der Waals surface area contributed by atoms with Gasteiger partial charge in [-0.1, -0.05) is 77.0 Å². The van der Waals surface area contributed by atoms with Crippen molar-refractivity contribution in [3.63, 3.8) is 0 Å². The molecule has 0 unspecified atom stereocenters. The van der Waals surface area contributed by atoms with Crippen LogP contribution in [-0.2, 0) is 8.85 Å². The minimum Gasteiger partial charge on any atom is -0.391 e. The first-order valence-electron chi connectivity index (χ1n) is 12.7. The van der Waals surface area contributed by atoms with Crippen LogP contribution in [0.3, 0.4) is 0 Å². The van der Waals surface area contributed by atoms with Gasteiger partial charge in [-0.3, -0.25) is 0 Å². The molecule has 0 atom stereocenters. The molecule has 156 valence electrons. The maximum atomic E-state index is 7.38. The summed E-state index contributed by atoms with van der Waals surface area (Å²) in [5, 5.41) is 0. The summed E-state index contributed by atoms with van der Waals surface area (Å²) >= 11 is 0. The van der Waals surface area contributed by atoms with Crippen LogP contribution in [0.25, 0.3) is 0 Å². The second-order valence-electron chi connectivity index (χ2n) is 10.1. The molecule has 0 radical (unpaired) electrons. The van der Waals surface area contributed by atoms with Gasteiger partial charge in [-0.25, -0.2) is 0 Å². The fourth-order valence-corrected chi connectivity index (χ4v) is 12.1. The molecule has 0 aromatic rings. The van der Waals surface area contributed by atoms with Crippen LogP contribution in [0.2, 0.25) is 11.1 Å². The number of hydrogen-bond acceptors (Lipinski definition) is 2. The van der Waals surface area contributed by atoms with Gasteiger partial charge in [-0.05, 0) is 51.4 Å². The van der Waals surface area contributed by atoms with E-state index in [2.05, 4.69) is 0 Å². The van der Waals surface area contributed by atoms with Gasteiger partial charge in [0.15, 0.2) is 0 Å². The van der Waals surface area contributed by atoms with E-state index in [9.17, 15) is 0 Å². The molecule has 0 aromatic carbocycles. The van der Waals surface area contributed by atoms with Gasteiger partial charge in [-0.2, -0.15) is 0 Å². The summed E-state index contributed by atoms with van der Waals surface area (Å²) < 4.78 is 14.8. The van der Waals surface area contributed by atoms with E-state index >= 15 is 0 Å². The Kier molecular flexibility index (Phi) is 7.75. The average Bonchev–Trinajstić information content (AvgIpc) is 2.76. The first-order chi connectivity index (χ1) is 13.4. The summed E-state index contributed by atoms with van der Waals surface area (Å²) in [7, 11) is -2.17. The zero-order valence-electron chi connectivity index (χ0n) is 17.8. The molecule has 27 heavy (non-hydrogen) atoms. The van der Waals surface area contributed by atoms with Gasteiger partial charge in [0.1, 0.15) is 0 Å². The molecule has 4 rings (SSSR count). The summed E-state index contributed by atoms with van der Waals surface area (Å²) in [5.41, 5.74) is 1.58. The van der Waals surface area contributed by atoms with Crippen molar-refractivity contribution in [3.05, 3.63) is 0 Å². The van der Waals surface area contributed by atoms with Gasteiger partial charge in [-0.15, -0.1) is 0 Å². The quantitative estimate of drug-likeness (QED) is 0.429. The van der Waals surface area contributed by atoms with E-state index in [1.807, 2.05) is 0 Å². The monoisotopic (exact) mass is 392 g/mol. The lowest BCUT2D eigenvalue weighted by Gasteiger charge is -2.49. The maximum absolute atomic E-state index is 7.38. The molecule has 0 N–H and O–H groups in total. The van der Waals surface area contributed by atoms with Crippen LogP contribution in [0.5, 0.6) is 0 Å². The normalized spacial score (nSPS) is 28.4. The maximum Gasteiger partial charge on any atom is 0.345 e. The van der Waals surface area contributed by atoms with Crippen molar-refractivity contribution in [2.75, 3.05) is 0 Å². The smallest absolute Gasteiger partial charge is 0.345 e. The second kappa shape index (κ2) is 10.3. The molecule has 0 aliphatic heterocycles. The Morgan fingerprint density at radius 1 is 0.370 bits per heavy atom. The first-order valence-corrected chi connectivity index (χ1v) is 14.7. The van der Waals surface area contributed by atoms with Gasteiger partial charge in [0, 0.05) is 23.3 Å². The Hall–Kier alpha value is 0.137. The molecule has 3 heteroatoms. The zero-order valence-corrected chi connectivity index (χ0v) is 18.8. The highest BCUT2D eigenvalue weighted by atomic mass is 28.4. The largest absolute Gasteiger partial charge is 0.391 e. The van der Waals surface area contributed by atoms with E-state index < -0.39 is 8.56 Å². The first kappa shape index (κ1) is 20.4. The number of hydrogen-bond donors (Lipinski definition) is 0. The van der Waals surface area contributed by atoms with Gasteiger partial charge >= 0.3 is 8.56 Å². The van der Waals surface area contributed by atoms with Crippen LogP contribution in [0.15, 0.2) is 0 Å². The lowest BCUT2D eigenvalue weighted by atomic mass is 9.98. The lowest BCUT2D eigenvalue weighted by Crippen LogP contribution is -2.56. The highest BCUT2D eigenvalue weighted by Gasteiger charge is 2.54. The minimum absolute atomic E-state index is 0.526. The molecule has 4 saturated carbocycles. The van der Waals surface area contributed by atoms with Crippen LogP contribution < -0.4 is 0 Å². The summed E-state index contributed by atoms with van der Waals surface area (Å²) in [6, 6.07) is 0. The highest BCUT2D eigenvalue weighted by Crippen LogP contribution is 2.51. The van der Waals surface area contributed by atoms with E-state index in [1.54, 1.807) is 0 Å². The topological polar surface area (TPSA) is 18.5 Å². The average molecular weight is 393 g/mol. The van der Waals surface area contributed by atoms with Crippen molar-refractivity contribution in [1.29, 1.82) is 0 Å². The van der Waals surface area contributed by atoms with E-state index in [-0.39, 0.29) is 0 Å². The Bertz CT molecular complexity index is 376. The third-order valence-electron chi connectivity index (χ3n) is 8.15. The molecular weight excluding hydrogens is 348 g/mol. The molecule has 2 nitrogen and oxygen atoms in total. The summed E-state index contributed by atoms with van der Waals surface area (Å²) in [4.78, 5) is 0. The van der Waals surface area contributed by atoms with Crippen LogP contribution in [0, 0.1) is 0 Å². The SMILES string of the molecule is C1CCC(O[Si](OC2CCCCC2)(C2CCCCC2)C2CCCCC2)CC1. The molecule has 0 aromatic heterocycles. The summed E-state index contributed by atoms with van der Waals surface area (Å²) in [5.74, 6) is 0. The fourth-order valence-electron chi connectivity index (χ4n) is 6.64. The molecule has 0 bridgehead atoms. The van der Waals surface area contributed by atoms with Crippen molar-refractivity contribution < 1.29 is 8.85 Å². The van der Waals surface area contributed by atoms with Crippen LogP contribution >= 0.6 is 0 Å². The lowest BCUT2D eigenvalue weighted by molar-refractivity contribution is 0.0289. The predicted molar refractivity (Wildman–Crippen MR) is 115 cm³/mol. The molecule has 0 spiro atoms. The van der Waals surface area contributed by atoms with Crippen molar-refractivity contribution in [2.45, 2.75) is 152 Å².